The first-order valence-electron chi connectivity index (χ1n) is 11.9. The van der Waals surface area contributed by atoms with Crippen molar-refractivity contribution in [1.82, 2.24) is 0 Å². The molecule has 0 aliphatic carbocycles. The Morgan fingerprint density at radius 3 is 1.48 bits per heavy atom. The minimum atomic E-state index is -2.36. The van der Waals surface area contributed by atoms with Crippen LogP contribution in [0.2, 0.25) is 0 Å². The normalized spacial score (nSPS) is 13.7. The first-order chi connectivity index (χ1) is 14.2. The van der Waals surface area contributed by atoms with Crippen molar-refractivity contribution in [3.63, 3.8) is 0 Å². The van der Waals surface area contributed by atoms with Crippen LogP contribution in [0.4, 0.5) is 0 Å². The predicted octanol–water partition coefficient (Wildman–Crippen LogP) is 2.02. The summed E-state index contributed by atoms with van der Waals surface area (Å²) in [5.41, 5.74) is -2.36. The topological polar surface area (TPSA) is 101 Å². The van der Waals surface area contributed by atoms with Crippen LogP contribution < -0.4 is 29.6 Å². The number of carbonyl (C=O) groups excluding carboxylic acids is 3. The second kappa shape index (κ2) is 20.3. The van der Waals surface area contributed by atoms with E-state index in [-0.39, 0.29) is 36.0 Å². The van der Waals surface area contributed by atoms with Gasteiger partial charge in [0.1, 0.15) is 6.10 Å². The fraction of sp³-hybridized carbons (Fsp3) is 0.875. The summed E-state index contributed by atoms with van der Waals surface area (Å²) >= 11 is 0. The van der Waals surface area contributed by atoms with E-state index >= 15 is 0 Å². The molecule has 31 heavy (non-hydrogen) atoms. The number of hydrogen-bond acceptors (Lipinski definition) is 6. The summed E-state index contributed by atoms with van der Waals surface area (Å²) < 4.78 is 4.33. The van der Waals surface area contributed by atoms with Gasteiger partial charge >= 0.3 is 41.5 Å². The Labute approximate surface area is 211 Å². The third-order valence-corrected chi connectivity index (χ3v) is 5.48. The van der Waals surface area contributed by atoms with Gasteiger partial charge in [-0.15, -0.1) is 0 Å². The van der Waals surface area contributed by atoms with Gasteiger partial charge in [-0.3, -0.25) is 4.79 Å². The molecule has 7 heteroatoms. The third-order valence-electron chi connectivity index (χ3n) is 5.48. The van der Waals surface area contributed by atoms with Crippen LogP contribution in [0, 0.1) is 0 Å². The minimum absolute atomic E-state index is 0. The van der Waals surface area contributed by atoms with Crippen LogP contribution in [0.3, 0.4) is 0 Å². The van der Waals surface area contributed by atoms with Crippen LogP contribution in [0.1, 0.15) is 124 Å². The summed E-state index contributed by atoms with van der Waals surface area (Å²) in [6.07, 6.45) is 16.8. The maximum absolute atomic E-state index is 12.1. The molecule has 176 valence electrons. The van der Waals surface area contributed by atoms with Gasteiger partial charge in [0.15, 0.2) is 5.78 Å². The average Bonchev–Trinajstić information content (AvgIpc) is 2.70. The predicted molar refractivity (Wildman–Crippen MR) is 118 cm³/mol. The molecule has 0 amide bonds. The number of ketones is 1. The fourth-order valence-corrected chi connectivity index (χ4v) is 3.29. The number of esters is 2. The molecule has 2 N–H and O–H groups in total. The van der Waals surface area contributed by atoms with Crippen molar-refractivity contribution in [1.29, 1.82) is 0 Å². The van der Waals surface area contributed by atoms with Crippen molar-refractivity contribution in [2.75, 3.05) is 0 Å². The molecule has 2 unspecified atom stereocenters. The minimum Gasteiger partial charge on any atom is -0.389 e. The van der Waals surface area contributed by atoms with E-state index in [0.29, 0.717) is 6.42 Å². The molecule has 0 saturated carbocycles. The van der Waals surface area contributed by atoms with Crippen LogP contribution in [-0.2, 0) is 19.1 Å². The molecule has 0 aromatic rings. The maximum Gasteiger partial charge on any atom is 1.00 e. The molecule has 0 spiro atoms. The Morgan fingerprint density at radius 1 is 0.774 bits per heavy atom. The maximum atomic E-state index is 12.1. The van der Waals surface area contributed by atoms with Gasteiger partial charge in [-0.05, 0) is 20.3 Å². The number of hydrogen-bond donors (Lipinski definition) is 2. The fourth-order valence-electron chi connectivity index (χ4n) is 3.29. The molecular weight excluding hydrogens is 407 g/mol. The first-order valence-corrected chi connectivity index (χ1v) is 11.9. The molecule has 0 radical (unpaired) electrons. The van der Waals surface area contributed by atoms with E-state index in [4.69, 9.17) is 5.11 Å². The van der Waals surface area contributed by atoms with E-state index in [1.807, 2.05) is 0 Å². The van der Waals surface area contributed by atoms with Gasteiger partial charge in [0.2, 0.25) is 5.60 Å². The van der Waals surface area contributed by atoms with Crippen LogP contribution in [-0.4, -0.2) is 39.6 Å². The molecule has 0 heterocycles. The summed E-state index contributed by atoms with van der Waals surface area (Å²) in [5, 5.41) is 19.1. The number of unbranched alkanes of at least 4 members (excludes halogenated alkanes) is 14. The zero-order valence-corrected chi connectivity index (χ0v) is 22.4. The van der Waals surface area contributed by atoms with E-state index < -0.39 is 29.4 Å². The van der Waals surface area contributed by atoms with Crippen LogP contribution in [0.5, 0.6) is 0 Å². The molecular formula is C24H44NaO6+. The van der Waals surface area contributed by atoms with E-state index in [2.05, 4.69) is 11.7 Å². The molecule has 0 aliphatic rings. The quantitative estimate of drug-likeness (QED) is 0.135. The van der Waals surface area contributed by atoms with Gasteiger partial charge in [0.25, 0.3) is 0 Å². The smallest absolute Gasteiger partial charge is 0.389 e. The van der Waals surface area contributed by atoms with Crippen molar-refractivity contribution < 1.29 is 58.9 Å². The summed E-state index contributed by atoms with van der Waals surface area (Å²) in [6, 6.07) is 0. The van der Waals surface area contributed by atoms with Crippen molar-refractivity contribution in [3.8, 4) is 0 Å². The summed E-state index contributed by atoms with van der Waals surface area (Å²) in [5.74, 6) is -3.18. The summed E-state index contributed by atoms with van der Waals surface area (Å²) in [4.78, 5) is 35.0. The van der Waals surface area contributed by atoms with Crippen LogP contribution in [0.15, 0.2) is 0 Å². The zero-order chi connectivity index (χ0) is 22.8. The van der Waals surface area contributed by atoms with Crippen molar-refractivity contribution in [2.24, 2.45) is 0 Å². The molecule has 0 aliphatic heterocycles. The van der Waals surface area contributed by atoms with E-state index in [9.17, 15) is 19.5 Å². The van der Waals surface area contributed by atoms with Gasteiger partial charge in [-0.25, -0.2) is 9.59 Å². The molecule has 0 saturated heterocycles. The Morgan fingerprint density at radius 2 is 1.13 bits per heavy atom. The number of Topliss-reactive ketones (excluding diaryl/α,β-unsaturated/α-hetero) is 1. The molecule has 0 fully saturated rings. The number of aliphatic hydroxyl groups is 2. The van der Waals surface area contributed by atoms with Crippen molar-refractivity contribution in [3.05, 3.63) is 0 Å². The molecule has 0 aromatic carbocycles. The summed E-state index contributed by atoms with van der Waals surface area (Å²) in [6.45, 7) is 4.41. The Hall–Kier alpha value is -0.270. The number of aliphatic hydroxyl groups excluding tert-OH is 1. The molecule has 6 nitrogen and oxygen atoms in total. The Kier molecular flexibility index (Phi) is 21.6. The molecule has 2 atom stereocenters. The second-order valence-corrected chi connectivity index (χ2v) is 8.58. The van der Waals surface area contributed by atoms with E-state index in [1.165, 1.54) is 70.6 Å². The number of carbonyl (C=O) groups is 3. The second-order valence-electron chi connectivity index (χ2n) is 8.58. The van der Waals surface area contributed by atoms with Gasteiger partial charge < -0.3 is 14.9 Å². The monoisotopic (exact) mass is 451 g/mol. The SMILES string of the molecule is CCCCCCCCCCCCCCCCCC(=O)C(C)(O)C(=O)OC(=O)C(C)O.[Na+]. The van der Waals surface area contributed by atoms with Gasteiger partial charge in [-0.2, -0.15) is 0 Å². The molecule has 0 bridgehead atoms. The van der Waals surface area contributed by atoms with Crippen LogP contribution in [0.25, 0.3) is 0 Å². The van der Waals surface area contributed by atoms with Gasteiger partial charge in [0.05, 0.1) is 0 Å². The number of rotatable bonds is 19. The Bertz CT molecular complexity index is 490. The first kappa shape index (κ1) is 32.9. The largest absolute Gasteiger partial charge is 1.00 e. The van der Waals surface area contributed by atoms with Crippen molar-refractivity contribution in [2.45, 2.75) is 135 Å². The van der Waals surface area contributed by atoms with Gasteiger partial charge in [-0.1, -0.05) is 96.8 Å². The standard InChI is InChI=1S/C24H44O6.Na/c1-4-5-6-7-8-9-10-11-12-13-14-15-16-17-18-19-21(26)24(3,29)23(28)30-22(27)20(2)25;/h20,25,29H,4-19H2,1-3H3;/q;+1. The third kappa shape index (κ3) is 16.9. The van der Waals surface area contributed by atoms with Crippen LogP contribution >= 0.6 is 0 Å². The van der Waals surface area contributed by atoms with Crippen molar-refractivity contribution >= 4 is 17.7 Å². The summed E-state index contributed by atoms with van der Waals surface area (Å²) in [7, 11) is 0. The Balaban J connectivity index is 0. The number of ether oxygens (including phenoxy) is 1. The van der Waals surface area contributed by atoms with E-state index in [0.717, 1.165) is 33.1 Å². The zero-order valence-electron chi connectivity index (χ0n) is 20.4. The average molecular weight is 452 g/mol. The molecule has 0 rings (SSSR count). The van der Waals surface area contributed by atoms with Gasteiger partial charge in [0, 0.05) is 6.42 Å². The molecule has 0 aromatic heterocycles. The van der Waals surface area contributed by atoms with E-state index in [1.54, 1.807) is 0 Å².